The van der Waals surface area contributed by atoms with Crippen LogP contribution in [0.25, 0.3) is 0 Å². The second kappa shape index (κ2) is 8.15. The molecule has 1 amide bonds. The van der Waals surface area contributed by atoms with Gasteiger partial charge in [0.2, 0.25) is 0 Å². The van der Waals surface area contributed by atoms with E-state index in [4.69, 9.17) is 16.7 Å². The summed E-state index contributed by atoms with van der Waals surface area (Å²) < 4.78 is 65.2. The zero-order valence-electron chi connectivity index (χ0n) is 13.5. The highest BCUT2D eigenvalue weighted by Crippen LogP contribution is 2.31. The molecule has 0 saturated heterocycles. The minimum absolute atomic E-state index is 0.0246. The van der Waals surface area contributed by atoms with Crippen LogP contribution in [-0.4, -0.2) is 32.6 Å². The largest absolute Gasteiger partial charge is 0.416 e. The maximum absolute atomic E-state index is 12.8. The van der Waals surface area contributed by atoms with Crippen LogP contribution in [0.4, 0.5) is 18.9 Å². The Kier molecular flexibility index (Phi) is 6.34. The number of nitrogens with one attached hydrogen (secondary N) is 2. The van der Waals surface area contributed by atoms with Crippen LogP contribution in [0.1, 0.15) is 15.9 Å². The highest BCUT2D eigenvalue weighted by Gasteiger charge is 2.30. The first-order valence-corrected chi connectivity index (χ1v) is 9.29. The van der Waals surface area contributed by atoms with Crippen LogP contribution in [0, 0.1) is 0 Å². The topological polar surface area (TPSA) is 95.5 Å². The predicted octanol–water partition coefficient (Wildman–Crippen LogP) is 2.88. The van der Waals surface area contributed by atoms with Crippen LogP contribution in [0.2, 0.25) is 5.02 Å². The lowest BCUT2D eigenvalue weighted by atomic mass is 10.2. The average molecular weight is 423 g/mol. The molecule has 2 aromatic rings. The summed E-state index contributed by atoms with van der Waals surface area (Å²) in [5, 5.41) is 11.0. The summed E-state index contributed by atoms with van der Waals surface area (Å²) in [5.41, 5.74) is -1.45. The number of alkyl halides is 3. The Hall–Kier alpha value is -2.30. The number of aliphatic hydroxyl groups excluding tert-OH is 1. The molecule has 0 saturated carbocycles. The average Bonchev–Trinajstić information content (AvgIpc) is 2.59. The van der Waals surface area contributed by atoms with Crippen molar-refractivity contribution in [2.75, 3.05) is 17.9 Å². The van der Waals surface area contributed by atoms with E-state index in [0.29, 0.717) is 6.07 Å². The molecule has 0 aromatic heterocycles. The minimum Gasteiger partial charge on any atom is -0.395 e. The Bertz CT molecular complexity index is 949. The van der Waals surface area contributed by atoms with Gasteiger partial charge in [0.1, 0.15) is 0 Å². The van der Waals surface area contributed by atoms with Crippen molar-refractivity contribution in [3.05, 3.63) is 58.6 Å². The van der Waals surface area contributed by atoms with Crippen molar-refractivity contribution in [2.45, 2.75) is 11.1 Å². The van der Waals surface area contributed by atoms with Crippen LogP contribution < -0.4 is 10.0 Å². The predicted molar refractivity (Wildman–Crippen MR) is 93.1 cm³/mol. The molecule has 0 bridgehead atoms. The molecule has 146 valence electrons. The number of sulfonamides is 1. The Morgan fingerprint density at radius 1 is 1.15 bits per heavy atom. The second-order valence-electron chi connectivity index (χ2n) is 5.31. The van der Waals surface area contributed by atoms with Gasteiger partial charge in [-0.2, -0.15) is 13.2 Å². The monoisotopic (exact) mass is 422 g/mol. The van der Waals surface area contributed by atoms with E-state index < -0.39 is 27.7 Å². The van der Waals surface area contributed by atoms with Crippen LogP contribution in [-0.2, 0) is 16.2 Å². The molecule has 0 heterocycles. The van der Waals surface area contributed by atoms with E-state index in [-0.39, 0.29) is 34.3 Å². The molecule has 11 heteroatoms. The van der Waals surface area contributed by atoms with E-state index in [2.05, 4.69) is 5.32 Å². The molecule has 2 rings (SSSR count). The minimum atomic E-state index is -4.63. The maximum atomic E-state index is 12.8. The number of rotatable bonds is 6. The van der Waals surface area contributed by atoms with Crippen molar-refractivity contribution >= 4 is 33.2 Å². The van der Waals surface area contributed by atoms with Gasteiger partial charge in [-0.3, -0.25) is 9.52 Å². The number of benzene rings is 2. The van der Waals surface area contributed by atoms with Crippen molar-refractivity contribution in [3.8, 4) is 0 Å². The molecule has 0 aliphatic carbocycles. The number of anilines is 1. The van der Waals surface area contributed by atoms with Crippen LogP contribution in [0.3, 0.4) is 0 Å². The van der Waals surface area contributed by atoms with Gasteiger partial charge in [-0.25, -0.2) is 8.42 Å². The molecule has 6 nitrogen and oxygen atoms in total. The molecule has 3 N–H and O–H groups in total. The van der Waals surface area contributed by atoms with Crippen molar-refractivity contribution in [1.82, 2.24) is 5.32 Å². The molecule has 0 atom stereocenters. The zero-order chi connectivity index (χ0) is 20.2. The number of carbonyl (C=O) groups excluding carboxylic acids is 1. The summed E-state index contributed by atoms with van der Waals surface area (Å²) in [5.74, 6) is -0.704. The molecule has 0 spiro atoms. The molecule has 0 aliphatic heterocycles. The Morgan fingerprint density at radius 3 is 2.48 bits per heavy atom. The maximum Gasteiger partial charge on any atom is 0.416 e. The first-order valence-electron chi connectivity index (χ1n) is 7.43. The lowest BCUT2D eigenvalue weighted by Gasteiger charge is -2.12. The summed E-state index contributed by atoms with van der Waals surface area (Å²) in [6, 6.07) is 6.97. The van der Waals surface area contributed by atoms with Gasteiger partial charge in [-0.05, 0) is 36.4 Å². The van der Waals surface area contributed by atoms with Crippen molar-refractivity contribution in [2.24, 2.45) is 0 Å². The Balaban J connectivity index is 2.33. The lowest BCUT2D eigenvalue weighted by Crippen LogP contribution is -2.27. The summed E-state index contributed by atoms with van der Waals surface area (Å²) in [7, 11) is -4.27. The number of halogens is 4. The van der Waals surface area contributed by atoms with Gasteiger partial charge in [0.25, 0.3) is 15.9 Å². The van der Waals surface area contributed by atoms with E-state index in [1.165, 1.54) is 6.07 Å². The fourth-order valence-corrected chi connectivity index (χ4v) is 3.36. The van der Waals surface area contributed by atoms with Gasteiger partial charge >= 0.3 is 6.18 Å². The summed E-state index contributed by atoms with van der Waals surface area (Å²) in [6.07, 6.45) is -4.63. The molecule has 0 radical (unpaired) electrons. The molecule has 27 heavy (non-hydrogen) atoms. The van der Waals surface area contributed by atoms with Gasteiger partial charge in [0.15, 0.2) is 0 Å². The normalized spacial score (nSPS) is 11.9. The van der Waals surface area contributed by atoms with Gasteiger partial charge in [-0.15, -0.1) is 0 Å². The van der Waals surface area contributed by atoms with Crippen LogP contribution >= 0.6 is 11.6 Å². The first kappa shape index (κ1) is 21.0. The van der Waals surface area contributed by atoms with Crippen molar-refractivity contribution in [1.29, 1.82) is 0 Å². The standard InChI is InChI=1S/C16H14ClF3N2O4S/c17-14-5-4-12(9-13(14)15(24)21-6-7-23)27(25,26)22-11-3-1-2-10(8-11)16(18,19)20/h1-5,8-9,22-23H,6-7H2,(H,21,24). The third-order valence-electron chi connectivity index (χ3n) is 3.33. The van der Waals surface area contributed by atoms with Crippen molar-refractivity contribution < 1.29 is 31.5 Å². The van der Waals surface area contributed by atoms with E-state index in [1.807, 2.05) is 4.72 Å². The van der Waals surface area contributed by atoms with Crippen LogP contribution in [0.5, 0.6) is 0 Å². The summed E-state index contributed by atoms with van der Waals surface area (Å²) in [6.45, 7) is -0.382. The molecular formula is C16H14ClF3N2O4S. The molecule has 2 aromatic carbocycles. The molecule has 0 fully saturated rings. The third-order valence-corrected chi connectivity index (χ3v) is 5.04. The first-order chi connectivity index (χ1) is 12.5. The quantitative estimate of drug-likeness (QED) is 0.667. The summed E-state index contributed by atoms with van der Waals surface area (Å²) in [4.78, 5) is 11.6. The number of amides is 1. The number of carbonyl (C=O) groups is 1. The lowest BCUT2D eigenvalue weighted by molar-refractivity contribution is -0.137. The highest BCUT2D eigenvalue weighted by atomic mass is 35.5. The fraction of sp³-hybridized carbons (Fsp3) is 0.188. The molecular weight excluding hydrogens is 409 g/mol. The fourth-order valence-electron chi connectivity index (χ4n) is 2.08. The summed E-state index contributed by atoms with van der Waals surface area (Å²) >= 11 is 5.89. The van der Waals surface area contributed by atoms with Crippen LogP contribution in [0.15, 0.2) is 47.4 Å². The second-order valence-corrected chi connectivity index (χ2v) is 7.39. The number of hydrogen-bond donors (Lipinski definition) is 3. The van der Waals surface area contributed by atoms with E-state index in [1.54, 1.807) is 0 Å². The number of hydrogen-bond acceptors (Lipinski definition) is 4. The van der Waals surface area contributed by atoms with E-state index >= 15 is 0 Å². The Labute approximate surface area is 158 Å². The van der Waals surface area contributed by atoms with Crippen molar-refractivity contribution in [3.63, 3.8) is 0 Å². The number of aliphatic hydroxyl groups is 1. The third kappa shape index (κ3) is 5.34. The van der Waals surface area contributed by atoms with Gasteiger partial charge in [0.05, 0.1) is 27.7 Å². The van der Waals surface area contributed by atoms with Gasteiger partial charge in [-0.1, -0.05) is 17.7 Å². The van der Waals surface area contributed by atoms with Gasteiger partial charge < -0.3 is 10.4 Å². The van der Waals surface area contributed by atoms with E-state index in [9.17, 15) is 26.4 Å². The smallest absolute Gasteiger partial charge is 0.395 e. The molecule has 0 unspecified atom stereocenters. The zero-order valence-corrected chi connectivity index (χ0v) is 15.1. The SMILES string of the molecule is O=C(NCCO)c1cc(S(=O)(=O)Nc2cccc(C(F)(F)F)c2)ccc1Cl. The van der Waals surface area contributed by atoms with Gasteiger partial charge in [0, 0.05) is 12.2 Å². The van der Waals surface area contributed by atoms with E-state index in [0.717, 1.165) is 30.3 Å². The Morgan fingerprint density at radius 2 is 1.85 bits per heavy atom. The molecule has 0 aliphatic rings. The highest BCUT2D eigenvalue weighted by molar-refractivity contribution is 7.92.